The number of carbonyl (C=O) groups is 1. The van der Waals surface area contributed by atoms with Gasteiger partial charge in [0, 0.05) is 22.8 Å². The first kappa shape index (κ1) is 13.9. The zero-order chi connectivity index (χ0) is 14.8. The molecule has 0 radical (unpaired) electrons. The number of hydrogen-bond acceptors (Lipinski definition) is 2. The summed E-state index contributed by atoms with van der Waals surface area (Å²) in [7, 11) is 0. The molecule has 0 atom stereocenters. The van der Waals surface area contributed by atoms with Gasteiger partial charge in [0.2, 0.25) is 0 Å². The average Bonchev–Trinajstić information content (AvgIpc) is 3.01. The molecule has 0 saturated heterocycles. The van der Waals surface area contributed by atoms with Crippen LogP contribution in [0.1, 0.15) is 24.6 Å². The van der Waals surface area contributed by atoms with Crippen LogP contribution in [0.5, 0.6) is 0 Å². The third-order valence-corrected chi connectivity index (χ3v) is 4.49. The van der Waals surface area contributed by atoms with E-state index in [0.29, 0.717) is 0 Å². The smallest absolute Gasteiger partial charge is 0.309 e. The molecule has 2 aromatic heterocycles. The molecule has 0 aliphatic heterocycles. The zero-order valence-corrected chi connectivity index (χ0v) is 12.7. The average molecular weight is 299 g/mol. The van der Waals surface area contributed by atoms with Crippen LogP contribution in [0.4, 0.5) is 0 Å². The van der Waals surface area contributed by atoms with Gasteiger partial charge in [-0.15, -0.1) is 11.3 Å². The van der Waals surface area contributed by atoms with Gasteiger partial charge in [0.05, 0.1) is 11.3 Å². The second kappa shape index (κ2) is 5.74. The highest BCUT2D eigenvalue weighted by molar-refractivity contribution is 7.15. The van der Waals surface area contributed by atoms with E-state index in [1.807, 2.05) is 16.0 Å². The molecule has 21 heavy (non-hydrogen) atoms. The fourth-order valence-electron chi connectivity index (χ4n) is 2.58. The lowest BCUT2D eigenvalue weighted by atomic mass is 10.0. The van der Waals surface area contributed by atoms with Crippen molar-refractivity contribution in [3.05, 3.63) is 53.2 Å². The highest BCUT2D eigenvalue weighted by Gasteiger charge is 2.10. The van der Waals surface area contributed by atoms with E-state index in [1.165, 1.54) is 11.1 Å². The van der Waals surface area contributed by atoms with Crippen molar-refractivity contribution < 1.29 is 9.90 Å². The van der Waals surface area contributed by atoms with Crippen LogP contribution in [-0.4, -0.2) is 15.5 Å². The van der Waals surface area contributed by atoms with Gasteiger partial charge in [-0.3, -0.25) is 4.79 Å². The number of carboxylic acids is 1. The molecule has 0 aliphatic rings. The van der Waals surface area contributed by atoms with E-state index in [1.54, 1.807) is 11.3 Å². The molecular formula is C17H17NO2S. The Morgan fingerprint density at radius 2 is 2.14 bits per heavy atom. The van der Waals surface area contributed by atoms with Crippen LogP contribution in [0.15, 0.2) is 41.9 Å². The highest BCUT2D eigenvalue weighted by atomic mass is 32.1. The van der Waals surface area contributed by atoms with Gasteiger partial charge in [-0.2, -0.15) is 0 Å². The third-order valence-electron chi connectivity index (χ3n) is 3.54. The Kier molecular flexibility index (Phi) is 3.80. The summed E-state index contributed by atoms with van der Waals surface area (Å²) in [5, 5.41) is 10.9. The number of nitrogens with zero attached hydrogens (tertiary/aromatic N) is 1. The Balaban J connectivity index is 1.99. The summed E-state index contributed by atoms with van der Waals surface area (Å²) >= 11 is 1.59. The highest BCUT2D eigenvalue weighted by Crippen LogP contribution is 2.28. The van der Waals surface area contributed by atoms with E-state index in [-0.39, 0.29) is 6.42 Å². The van der Waals surface area contributed by atoms with Crippen molar-refractivity contribution in [3.8, 4) is 11.1 Å². The van der Waals surface area contributed by atoms with Gasteiger partial charge >= 0.3 is 5.97 Å². The molecule has 3 aromatic rings. The van der Waals surface area contributed by atoms with Crippen LogP contribution < -0.4 is 0 Å². The summed E-state index contributed by atoms with van der Waals surface area (Å²) in [4.78, 5) is 12.0. The molecule has 3 nitrogen and oxygen atoms in total. The van der Waals surface area contributed by atoms with Gasteiger partial charge in [0.1, 0.15) is 0 Å². The van der Waals surface area contributed by atoms with Crippen molar-refractivity contribution in [2.45, 2.75) is 26.2 Å². The monoisotopic (exact) mass is 299 g/mol. The van der Waals surface area contributed by atoms with Gasteiger partial charge in [0.15, 0.2) is 0 Å². The number of thiazole rings is 1. The molecule has 4 heteroatoms. The number of hydrogen-bond donors (Lipinski definition) is 1. The summed E-state index contributed by atoms with van der Waals surface area (Å²) in [5.74, 6) is -0.796. The molecule has 108 valence electrons. The van der Waals surface area contributed by atoms with Gasteiger partial charge in [-0.25, -0.2) is 0 Å². The van der Waals surface area contributed by atoms with Crippen molar-refractivity contribution in [1.29, 1.82) is 0 Å². The molecule has 0 saturated carbocycles. The molecule has 1 N–H and O–H groups in total. The van der Waals surface area contributed by atoms with Gasteiger partial charge in [-0.1, -0.05) is 37.6 Å². The van der Waals surface area contributed by atoms with Crippen molar-refractivity contribution in [2.24, 2.45) is 0 Å². The molecule has 0 aliphatic carbocycles. The topological polar surface area (TPSA) is 41.7 Å². The van der Waals surface area contributed by atoms with E-state index in [2.05, 4.69) is 37.3 Å². The number of rotatable bonds is 5. The van der Waals surface area contributed by atoms with Crippen LogP contribution in [-0.2, 0) is 17.6 Å². The van der Waals surface area contributed by atoms with Crippen LogP contribution in [0.3, 0.4) is 0 Å². The maximum absolute atomic E-state index is 10.9. The standard InChI is InChI=1S/C17H17NO2S/c1-2-4-12-5-3-6-13(7-12)14-8-16-18(10-14)15(11-21-16)9-17(19)20/h3,5-8,10-11H,2,4,9H2,1H3,(H,19,20). The lowest BCUT2D eigenvalue weighted by Gasteiger charge is -2.02. The first-order valence-corrected chi connectivity index (χ1v) is 7.95. The lowest BCUT2D eigenvalue weighted by Crippen LogP contribution is -2.01. The molecule has 3 rings (SSSR count). The van der Waals surface area contributed by atoms with Crippen molar-refractivity contribution in [1.82, 2.24) is 4.40 Å². The Hall–Kier alpha value is -2.07. The van der Waals surface area contributed by atoms with Gasteiger partial charge in [-0.05, 0) is 23.6 Å². The molecule has 1 aromatic carbocycles. The van der Waals surface area contributed by atoms with Crippen molar-refractivity contribution in [2.75, 3.05) is 0 Å². The summed E-state index contributed by atoms with van der Waals surface area (Å²) < 4.78 is 1.99. The number of fused-ring (bicyclic) bond motifs is 1. The van der Waals surface area contributed by atoms with E-state index in [9.17, 15) is 4.79 Å². The second-order valence-electron chi connectivity index (χ2n) is 5.18. The molecule has 0 fully saturated rings. The summed E-state index contributed by atoms with van der Waals surface area (Å²) in [6.45, 7) is 2.18. The maximum Gasteiger partial charge on any atom is 0.309 e. The summed E-state index contributed by atoms with van der Waals surface area (Å²) in [5.41, 5.74) is 4.51. The molecule has 2 heterocycles. The molecule has 0 unspecified atom stereocenters. The lowest BCUT2D eigenvalue weighted by molar-refractivity contribution is -0.136. The first-order chi connectivity index (χ1) is 10.2. The summed E-state index contributed by atoms with van der Waals surface area (Å²) in [6.07, 6.45) is 4.32. The molecular weight excluding hydrogens is 282 g/mol. The second-order valence-corrected chi connectivity index (χ2v) is 6.07. The van der Waals surface area contributed by atoms with Crippen LogP contribution >= 0.6 is 11.3 Å². The third kappa shape index (κ3) is 2.85. The van der Waals surface area contributed by atoms with E-state index < -0.39 is 5.97 Å². The Morgan fingerprint density at radius 1 is 1.29 bits per heavy atom. The van der Waals surface area contributed by atoms with Gasteiger partial charge < -0.3 is 9.51 Å². The molecule has 0 amide bonds. The quantitative estimate of drug-likeness (QED) is 0.765. The first-order valence-electron chi connectivity index (χ1n) is 7.07. The van der Waals surface area contributed by atoms with Crippen molar-refractivity contribution >= 4 is 22.1 Å². The number of aryl methyl sites for hydroxylation is 1. The minimum atomic E-state index is -0.796. The van der Waals surface area contributed by atoms with Crippen LogP contribution in [0.2, 0.25) is 0 Å². The van der Waals surface area contributed by atoms with E-state index in [0.717, 1.165) is 28.9 Å². The Bertz CT molecular complexity index is 785. The number of benzene rings is 1. The SMILES string of the molecule is CCCc1cccc(-c2cc3scc(CC(=O)O)n3c2)c1. The number of aliphatic carboxylic acids is 1. The predicted molar refractivity (Wildman–Crippen MR) is 86.0 cm³/mol. The minimum absolute atomic E-state index is 0.0595. The molecule has 0 spiro atoms. The Labute approximate surface area is 127 Å². The normalized spacial score (nSPS) is 11.1. The Morgan fingerprint density at radius 3 is 2.90 bits per heavy atom. The number of carboxylic acid groups (broad SMARTS) is 1. The summed E-state index contributed by atoms with van der Waals surface area (Å²) in [6, 6.07) is 10.7. The van der Waals surface area contributed by atoms with E-state index >= 15 is 0 Å². The minimum Gasteiger partial charge on any atom is -0.481 e. The molecule has 0 bridgehead atoms. The van der Waals surface area contributed by atoms with Crippen LogP contribution in [0, 0.1) is 0 Å². The van der Waals surface area contributed by atoms with Gasteiger partial charge in [0.25, 0.3) is 0 Å². The largest absolute Gasteiger partial charge is 0.481 e. The fraction of sp³-hybridized carbons (Fsp3) is 0.235. The maximum atomic E-state index is 10.9. The predicted octanol–water partition coefficient (Wildman–Crippen LogP) is 4.25. The number of aromatic nitrogens is 1. The fourth-order valence-corrected chi connectivity index (χ4v) is 3.51. The van der Waals surface area contributed by atoms with Crippen LogP contribution in [0.25, 0.3) is 16.0 Å². The van der Waals surface area contributed by atoms with Crippen molar-refractivity contribution in [3.63, 3.8) is 0 Å². The van der Waals surface area contributed by atoms with E-state index in [4.69, 9.17) is 5.11 Å². The zero-order valence-electron chi connectivity index (χ0n) is 11.9.